The van der Waals surface area contributed by atoms with Crippen LogP contribution in [0.15, 0.2) is 18.2 Å². The highest BCUT2D eigenvalue weighted by Gasteiger charge is 2.31. The molecular weight excluding hydrogens is 227 g/mol. The molecule has 2 N–H and O–H groups in total. The smallest absolute Gasteiger partial charge is 0.126 e. The summed E-state index contributed by atoms with van der Waals surface area (Å²) in [6.07, 6.45) is 2.19. The molecule has 2 nitrogen and oxygen atoms in total. The van der Waals surface area contributed by atoms with E-state index in [1.54, 1.807) is 6.07 Å². The fourth-order valence-electron chi connectivity index (χ4n) is 2.92. The lowest BCUT2D eigenvalue weighted by Crippen LogP contribution is -2.48. The lowest BCUT2D eigenvalue weighted by molar-refractivity contribution is 0.0946. The Hall–Kier alpha value is -0.930. The predicted molar refractivity (Wildman–Crippen MR) is 72.9 cm³/mol. The molecule has 3 heteroatoms. The van der Waals surface area contributed by atoms with Crippen LogP contribution < -0.4 is 5.73 Å². The largest absolute Gasteiger partial charge is 0.326 e. The van der Waals surface area contributed by atoms with Gasteiger partial charge in [0.1, 0.15) is 5.82 Å². The van der Waals surface area contributed by atoms with Crippen molar-refractivity contribution < 1.29 is 4.39 Å². The van der Waals surface area contributed by atoms with Gasteiger partial charge in [-0.15, -0.1) is 0 Å². The van der Waals surface area contributed by atoms with Crippen LogP contribution in [0, 0.1) is 12.7 Å². The molecule has 0 aromatic heterocycles. The Balaban J connectivity index is 2.34. The van der Waals surface area contributed by atoms with Gasteiger partial charge in [-0.25, -0.2) is 4.39 Å². The highest BCUT2D eigenvalue weighted by atomic mass is 19.1. The van der Waals surface area contributed by atoms with Crippen LogP contribution in [0.25, 0.3) is 0 Å². The Labute approximate surface area is 109 Å². The van der Waals surface area contributed by atoms with Gasteiger partial charge in [0.2, 0.25) is 0 Å². The van der Waals surface area contributed by atoms with Gasteiger partial charge < -0.3 is 5.73 Å². The average Bonchev–Trinajstić information content (AvgIpc) is 2.32. The van der Waals surface area contributed by atoms with Crippen molar-refractivity contribution >= 4 is 0 Å². The van der Waals surface area contributed by atoms with Gasteiger partial charge in [-0.1, -0.05) is 12.1 Å². The van der Waals surface area contributed by atoms with Crippen molar-refractivity contribution in [1.29, 1.82) is 0 Å². The maximum atomic E-state index is 13.4. The maximum absolute atomic E-state index is 13.4. The first-order valence-corrected chi connectivity index (χ1v) is 6.78. The van der Waals surface area contributed by atoms with Gasteiger partial charge in [0.05, 0.1) is 6.04 Å². The lowest BCUT2D eigenvalue weighted by Gasteiger charge is -2.42. The average molecular weight is 250 g/mol. The van der Waals surface area contributed by atoms with Crippen LogP contribution in [0.1, 0.15) is 43.9 Å². The molecule has 2 rings (SSSR count). The van der Waals surface area contributed by atoms with Crippen molar-refractivity contribution in [1.82, 2.24) is 4.90 Å². The first-order valence-electron chi connectivity index (χ1n) is 6.78. The number of halogens is 1. The number of aryl methyl sites for hydroxylation is 1. The summed E-state index contributed by atoms with van der Waals surface area (Å²) in [6.45, 7) is 7.28. The molecule has 1 saturated heterocycles. The highest BCUT2D eigenvalue weighted by Crippen LogP contribution is 2.32. The van der Waals surface area contributed by atoms with Crippen LogP contribution >= 0.6 is 0 Å². The Bertz CT molecular complexity index is 417. The van der Waals surface area contributed by atoms with Crippen LogP contribution in [0.3, 0.4) is 0 Å². The molecule has 100 valence electrons. The topological polar surface area (TPSA) is 29.3 Å². The van der Waals surface area contributed by atoms with Crippen LogP contribution in [0.2, 0.25) is 0 Å². The van der Waals surface area contributed by atoms with E-state index in [1.165, 1.54) is 0 Å². The second kappa shape index (κ2) is 5.37. The number of nitrogens with two attached hydrogens (primary N) is 1. The van der Waals surface area contributed by atoms with E-state index >= 15 is 0 Å². The Morgan fingerprint density at radius 2 is 2.11 bits per heavy atom. The predicted octanol–water partition coefficient (Wildman–Crippen LogP) is 3.01. The number of benzene rings is 1. The van der Waals surface area contributed by atoms with E-state index in [-0.39, 0.29) is 17.9 Å². The molecule has 18 heavy (non-hydrogen) atoms. The number of hydrogen-bond acceptors (Lipinski definition) is 2. The molecule has 1 heterocycles. The summed E-state index contributed by atoms with van der Waals surface area (Å²) in [7, 11) is 0. The standard InChI is InChI=1S/C15H23FN2/c1-10(2)18-8-4-5-14(17)15(18)12-6-7-13(16)11(3)9-12/h6-7,9-10,14-15H,4-5,8,17H2,1-3H3. The van der Waals surface area contributed by atoms with Crippen molar-refractivity contribution in [3.8, 4) is 0 Å². The second-order valence-corrected chi connectivity index (χ2v) is 5.59. The minimum absolute atomic E-state index is 0.140. The molecule has 1 fully saturated rings. The summed E-state index contributed by atoms with van der Waals surface area (Å²) in [6, 6.07) is 6.22. The molecule has 0 bridgehead atoms. The molecule has 1 aliphatic rings. The molecule has 1 aromatic rings. The fourth-order valence-corrected chi connectivity index (χ4v) is 2.92. The number of piperidine rings is 1. The third-order valence-corrected chi connectivity index (χ3v) is 3.90. The molecule has 1 aromatic carbocycles. The van der Waals surface area contributed by atoms with Crippen molar-refractivity contribution in [2.75, 3.05) is 6.54 Å². The third-order valence-electron chi connectivity index (χ3n) is 3.90. The van der Waals surface area contributed by atoms with E-state index in [2.05, 4.69) is 18.7 Å². The van der Waals surface area contributed by atoms with Crippen LogP contribution in [-0.2, 0) is 0 Å². The minimum atomic E-state index is -0.140. The van der Waals surface area contributed by atoms with Gasteiger partial charge in [-0.05, 0) is 57.4 Å². The Kier molecular flexibility index (Phi) is 4.03. The molecule has 1 aliphatic heterocycles. The van der Waals surface area contributed by atoms with Crippen LogP contribution in [0.4, 0.5) is 4.39 Å². The molecule has 2 atom stereocenters. The minimum Gasteiger partial charge on any atom is -0.326 e. The zero-order chi connectivity index (χ0) is 13.3. The van der Waals surface area contributed by atoms with Crippen LogP contribution in [-0.4, -0.2) is 23.5 Å². The quantitative estimate of drug-likeness (QED) is 0.874. The van der Waals surface area contributed by atoms with Crippen molar-refractivity contribution in [3.05, 3.63) is 35.1 Å². The first kappa shape index (κ1) is 13.5. The van der Waals surface area contributed by atoms with Gasteiger partial charge >= 0.3 is 0 Å². The van der Waals surface area contributed by atoms with Gasteiger partial charge in [-0.2, -0.15) is 0 Å². The van der Waals surface area contributed by atoms with Crippen LogP contribution in [0.5, 0.6) is 0 Å². The second-order valence-electron chi connectivity index (χ2n) is 5.59. The monoisotopic (exact) mass is 250 g/mol. The Morgan fingerprint density at radius 1 is 1.39 bits per heavy atom. The summed E-state index contributed by atoms with van der Waals surface area (Å²) in [4.78, 5) is 2.43. The number of likely N-dealkylation sites (tertiary alicyclic amines) is 1. The molecule has 0 aliphatic carbocycles. The van der Waals surface area contributed by atoms with E-state index in [9.17, 15) is 4.39 Å². The molecule has 0 spiro atoms. The van der Waals surface area contributed by atoms with E-state index in [0.717, 1.165) is 24.9 Å². The third kappa shape index (κ3) is 2.57. The number of rotatable bonds is 2. The number of nitrogens with zero attached hydrogens (tertiary/aromatic N) is 1. The molecular formula is C15H23FN2. The zero-order valence-electron chi connectivity index (χ0n) is 11.5. The Morgan fingerprint density at radius 3 is 2.72 bits per heavy atom. The highest BCUT2D eigenvalue weighted by molar-refractivity contribution is 5.28. The lowest BCUT2D eigenvalue weighted by atomic mass is 9.89. The summed E-state index contributed by atoms with van der Waals surface area (Å²) < 4.78 is 13.4. The fraction of sp³-hybridized carbons (Fsp3) is 0.600. The van der Waals surface area contributed by atoms with E-state index in [0.29, 0.717) is 11.6 Å². The van der Waals surface area contributed by atoms with Crippen molar-refractivity contribution in [2.24, 2.45) is 5.73 Å². The van der Waals surface area contributed by atoms with Gasteiger partial charge in [0.25, 0.3) is 0 Å². The van der Waals surface area contributed by atoms with E-state index < -0.39 is 0 Å². The van der Waals surface area contributed by atoms with Gasteiger partial charge in [0, 0.05) is 12.1 Å². The van der Waals surface area contributed by atoms with Crippen molar-refractivity contribution in [3.63, 3.8) is 0 Å². The SMILES string of the molecule is Cc1cc(C2C(N)CCCN2C(C)C)ccc1F. The summed E-state index contributed by atoms with van der Waals surface area (Å²) in [5.41, 5.74) is 8.14. The summed E-state index contributed by atoms with van der Waals surface area (Å²) >= 11 is 0. The number of hydrogen-bond donors (Lipinski definition) is 1. The molecule has 0 radical (unpaired) electrons. The summed E-state index contributed by atoms with van der Waals surface area (Å²) in [5, 5.41) is 0. The van der Waals surface area contributed by atoms with E-state index in [4.69, 9.17) is 5.73 Å². The molecule has 0 saturated carbocycles. The zero-order valence-corrected chi connectivity index (χ0v) is 11.5. The molecule has 0 amide bonds. The van der Waals surface area contributed by atoms with Gasteiger partial charge in [-0.3, -0.25) is 4.90 Å². The van der Waals surface area contributed by atoms with Crippen molar-refractivity contribution in [2.45, 2.75) is 51.7 Å². The molecule has 2 unspecified atom stereocenters. The normalized spacial score (nSPS) is 25.7. The first-order chi connectivity index (χ1) is 8.50. The summed E-state index contributed by atoms with van der Waals surface area (Å²) in [5.74, 6) is -0.140. The van der Waals surface area contributed by atoms with E-state index in [1.807, 2.05) is 19.1 Å². The maximum Gasteiger partial charge on any atom is 0.126 e. The van der Waals surface area contributed by atoms with Gasteiger partial charge in [0.15, 0.2) is 0 Å².